The minimum Gasteiger partial charge on any atom is -0.319 e. The summed E-state index contributed by atoms with van der Waals surface area (Å²) < 4.78 is 13.1. The van der Waals surface area contributed by atoms with Crippen molar-refractivity contribution in [1.29, 1.82) is 0 Å². The molecule has 0 saturated carbocycles. The Labute approximate surface area is 167 Å². The molecular weight excluding hydrogens is 399 g/mol. The standard InChI is InChI=1S/C18H13FN6O5/c19-10-5-7-11(8-6-10)24-17(27)15-16(18(24)28)23(22-21-15)9-14(26)20-12-3-1-2-4-13(12)25(29)30/h1-8,15-16H,9H2,(H,20,26). The van der Waals surface area contributed by atoms with Gasteiger partial charge in [-0.15, -0.1) is 0 Å². The summed E-state index contributed by atoms with van der Waals surface area (Å²) in [5.74, 6) is -2.49. The fourth-order valence-corrected chi connectivity index (χ4v) is 3.27. The van der Waals surface area contributed by atoms with Crippen LogP contribution in [0, 0.1) is 15.9 Å². The molecule has 1 N–H and O–H groups in total. The van der Waals surface area contributed by atoms with Crippen LogP contribution in [0.15, 0.2) is 58.9 Å². The summed E-state index contributed by atoms with van der Waals surface area (Å²) in [6, 6.07) is 8.14. The van der Waals surface area contributed by atoms with Gasteiger partial charge in [-0.3, -0.25) is 29.5 Å². The Morgan fingerprint density at radius 1 is 1.13 bits per heavy atom. The van der Waals surface area contributed by atoms with Gasteiger partial charge in [-0.2, -0.15) is 5.11 Å². The molecule has 30 heavy (non-hydrogen) atoms. The zero-order valence-corrected chi connectivity index (χ0v) is 15.1. The van der Waals surface area contributed by atoms with Gasteiger partial charge in [-0.25, -0.2) is 9.29 Å². The molecule has 3 amide bonds. The molecule has 2 aromatic rings. The number of nitro groups is 1. The number of nitrogens with one attached hydrogen (secondary N) is 1. The largest absolute Gasteiger partial charge is 0.319 e. The fourth-order valence-electron chi connectivity index (χ4n) is 3.27. The van der Waals surface area contributed by atoms with Crippen LogP contribution in [-0.2, 0) is 14.4 Å². The first-order valence-corrected chi connectivity index (χ1v) is 8.71. The zero-order valence-electron chi connectivity index (χ0n) is 15.1. The fraction of sp³-hybridized carbons (Fsp3) is 0.167. The van der Waals surface area contributed by atoms with Crippen molar-refractivity contribution in [2.24, 2.45) is 10.3 Å². The Balaban J connectivity index is 1.50. The van der Waals surface area contributed by atoms with E-state index in [2.05, 4.69) is 15.7 Å². The van der Waals surface area contributed by atoms with Gasteiger partial charge in [0.2, 0.25) is 5.91 Å². The van der Waals surface area contributed by atoms with Gasteiger partial charge in [-0.1, -0.05) is 17.4 Å². The van der Waals surface area contributed by atoms with Crippen molar-refractivity contribution in [1.82, 2.24) is 5.01 Å². The van der Waals surface area contributed by atoms with E-state index in [1.165, 1.54) is 36.4 Å². The predicted octanol–water partition coefficient (Wildman–Crippen LogP) is 1.67. The molecule has 0 aromatic heterocycles. The molecule has 0 spiro atoms. The topological polar surface area (TPSA) is 138 Å². The molecule has 4 rings (SSSR count). The summed E-state index contributed by atoms with van der Waals surface area (Å²) in [7, 11) is 0. The van der Waals surface area contributed by atoms with Gasteiger partial charge >= 0.3 is 0 Å². The van der Waals surface area contributed by atoms with Crippen molar-refractivity contribution < 1.29 is 23.7 Å². The molecule has 1 fully saturated rings. The number of nitro benzene ring substituents is 1. The highest BCUT2D eigenvalue weighted by Gasteiger charge is 2.55. The van der Waals surface area contributed by atoms with E-state index in [0.29, 0.717) is 0 Å². The number of hydrogen-bond donors (Lipinski definition) is 1. The van der Waals surface area contributed by atoms with E-state index in [-0.39, 0.29) is 17.1 Å². The lowest BCUT2D eigenvalue weighted by Gasteiger charge is -2.20. The summed E-state index contributed by atoms with van der Waals surface area (Å²) in [4.78, 5) is 49.1. The van der Waals surface area contributed by atoms with E-state index in [1.54, 1.807) is 0 Å². The molecule has 0 bridgehead atoms. The summed E-state index contributed by atoms with van der Waals surface area (Å²) in [6.45, 7) is -0.451. The number of amides is 3. The van der Waals surface area contributed by atoms with Gasteiger partial charge in [-0.05, 0) is 30.3 Å². The molecule has 2 aromatic carbocycles. The number of fused-ring (bicyclic) bond motifs is 1. The lowest BCUT2D eigenvalue weighted by molar-refractivity contribution is -0.383. The molecule has 11 nitrogen and oxygen atoms in total. The third-order valence-corrected chi connectivity index (χ3v) is 4.62. The highest BCUT2D eigenvalue weighted by atomic mass is 19.1. The minimum absolute atomic E-state index is 0.0121. The Morgan fingerprint density at radius 3 is 2.53 bits per heavy atom. The molecule has 152 valence electrons. The maximum Gasteiger partial charge on any atom is 0.292 e. The molecule has 0 radical (unpaired) electrons. The maximum absolute atomic E-state index is 13.1. The van der Waals surface area contributed by atoms with Gasteiger partial charge in [0.1, 0.15) is 18.0 Å². The monoisotopic (exact) mass is 412 g/mol. The molecule has 2 aliphatic heterocycles. The SMILES string of the molecule is O=C(CN1N=NC2C(=O)N(c3ccc(F)cc3)C(=O)C21)Nc1ccccc1[N+](=O)[O-]. The smallest absolute Gasteiger partial charge is 0.292 e. The summed E-state index contributed by atoms with van der Waals surface area (Å²) in [5.41, 5.74) is -0.122. The molecule has 1 saturated heterocycles. The maximum atomic E-state index is 13.1. The van der Waals surface area contributed by atoms with Gasteiger partial charge in [0, 0.05) is 6.07 Å². The zero-order chi connectivity index (χ0) is 21.4. The van der Waals surface area contributed by atoms with Crippen molar-refractivity contribution in [3.05, 3.63) is 64.5 Å². The Hall–Kier alpha value is -4.22. The Morgan fingerprint density at radius 2 is 1.83 bits per heavy atom. The van der Waals surface area contributed by atoms with Crippen molar-refractivity contribution >= 4 is 34.8 Å². The normalized spacial score (nSPS) is 19.9. The summed E-state index contributed by atoms with van der Waals surface area (Å²) in [5, 5.41) is 22.0. The average molecular weight is 412 g/mol. The molecule has 12 heteroatoms. The van der Waals surface area contributed by atoms with E-state index >= 15 is 0 Å². The van der Waals surface area contributed by atoms with Crippen LogP contribution in [0.1, 0.15) is 0 Å². The molecule has 0 aliphatic carbocycles. The van der Waals surface area contributed by atoms with Crippen molar-refractivity contribution in [2.45, 2.75) is 12.1 Å². The summed E-state index contributed by atoms with van der Waals surface area (Å²) in [6.07, 6.45) is 0. The quantitative estimate of drug-likeness (QED) is 0.450. The van der Waals surface area contributed by atoms with E-state index in [4.69, 9.17) is 0 Å². The first-order valence-electron chi connectivity index (χ1n) is 8.71. The van der Waals surface area contributed by atoms with Gasteiger partial charge in [0.25, 0.3) is 17.5 Å². The minimum atomic E-state index is -1.13. The molecule has 2 aliphatic rings. The van der Waals surface area contributed by atoms with E-state index in [1.807, 2.05) is 0 Å². The van der Waals surface area contributed by atoms with Crippen molar-refractivity contribution in [3.8, 4) is 0 Å². The number of halogens is 1. The second-order valence-corrected chi connectivity index (χ2v) is 6.50. The third kappa shape index (κ3) is 3.23. The van der Waals surface area contributed by atoms with Crippen molar-refractivity contribution in [3.63, 3.8) is 0 Å². The third-order valence-electron chi connectivity index (χ3n) is 4.62. The molecule has 2 heterocycles. The number of anilines is 2. The lowest BCUT2D eigenvalue weighted by atomic mass is 10.1. The number of imide groups is 1. The van der Waals surface area contributed by atoms with Crippen LogP contribution in [-0.4, -0.2) is 46.3 Å². The van der Waals surface area contributed by atoms with Crippen LogP contribution in [0.5, 0.6) is 0 Å². The van der Waals surface area contributed by atoms with Crippen LogP contribution in [0.3, 0.4) is 0 Å². The number of carbonyl (C=O) groups excluding carboxylic acids is 3. The highest BCUT2D eigenvalue weighted by Crippen LogP contribution is 2.32. The van der Waals surface area contributed by atoms with Gasteiger partial charge in [0.05, 0.1) is 10.6 Å². The second-order valence-electron chi connectivity index (χ2n) is 6.50. The first kappa shape index (κ1) is 19.1. The Bertz CT molecular complexity index is 1090. The van der Waals surface area contributed by atoms with E-state index < -0.39 is 47.1 Å². The van der Waals surface area contributed by atoms with Gasteiger partial charge in [0.15, 0.2) is 12.1 Å². The van der Waals surface area contributed by atoms with Crippen LogP contribution in [0.25, 0.3) is 0 Å². The van der Waals surface area contributed by atoms with Crippen LogP contribution in [0.2, 0.25) is 0 Å². The van der Waals surface area contributed by atoms with Crippen LogP contribution in [0.4, 0.5) is 21.5 Å². The predicted molar refractivity (Wildman–Crippen MR) is 99.8 cm³/mol. The molecular formula is C18H13FN6O5. The Kier molecular flexibility index (Phi) is 4.66. The summed E-state index contributed by atoms with van der Waals surface area (Å²) >= 11 is 0. The highest BCUT2D eigenvalue weighted by molar-refractivity contribution is 6.25. The van der Waals surface area contributed by atoms with E-state index in [0.717, 1.165) is 22.0 Å². The van der Waals surface area contributed by atoms with Crippen LogP contribution < -0.4 is 10.2 Å². The van der Waals surface area contributed by atoms with Crippen LogP contribution >= 0.6 is 0 Å². The number of benzene rings is 2. The first-order chi connectivity index (χ1) is 14.4. The number of nitrogens with zero attached hydrogens (tertiary/aromatic N) is 5. The molecule has 2 atom stereocenters. The van der Waals surface area contributed by atoms with Crippen molar-refractivity contribution in [2.75, 3.05) is 16.8 Å². The number of rotatable bonds is 5. The number of carbonyl (C=O) groups is 3. The second kappa shape index (κ2) is 7.31. The number of para-hydroxylation sites is 2. The average Bonchev–Trinajstić information content (AvgIpc) is 3.23. The lowest BCUT2D eigenvalue weighted by Crippen LogP contribution is -2.43. The van der Waals surface area contributed by atoms with E-state index in [9.17, 15) is 28.9 Å². The molecule has 2 unspecified atom stereocenters. The number of hydrogen-bond acceptors (Lipinski definition) is 8. The van der Waals surface area contributed by atoms with Gasteiger partial charge < -0.3 is 5.32 Å².